The van der Waals surface area contributed by atoms with Crippen molar-refractivity contribution >= 4 is 0 Å². The van der Waals surface area contributed by atoms with Gasteiger partial charge >= 0.3 is 6.18 Å². The van der Waals surface area contributed by atoms with Gasteiger partial charge in [-0.15, -0.1) is 0 Å². The van der Waals surface area contributed by atoms with Crippen molar-refractivity contribution in [2.75, 3.05) is 19.8 Å². The predicted molar refractivity (Wildman–Crippen MR) is 74.8 cm³/mol. The first-order chi connectivity index (χ1) is 9.51. The van der Waals surface area contributed by atoms with E-state index in [2.05, 4.69) is 17.0 Å². The zero-order chi connectivity index (χ0) is 14.8. The smallest absolute Gasteiger partial charge is 0.372 e. The molecule has 1 saturated carbocycles. The summed E-state index contributed by atoms with van der Waals surface area (Å²) in [6, 6.07) is 0.596. The van der Waals surface area contributed by atoms with Gasteiger partial charge in [-0.3, -0.25) is 0 Å². The molecular formula is C15H28F3NO. The third-order valence-corrected chi connectivity index (χ3v) is 3.88. The standard InChI is InChI=1S/C15H28F3NO/c1-2-9-19-14-8-4-3-6-13(11-14)7-5-10-20-12-15(16,17)18/h13-14,19H,2-12H2,1H3. The van der Waals surface area contributed by atoms with Gasteiger partial charge in [0.05, 0.1) is 0 Å². The number of ether oxygens (including phenoxy) is 1. The number of nitrogens with one attached hydrogen (secondary N) is 1. The molecule has 2 nitrogen and oxygen atoms in total. The average molecular weight is 295 g/mol. The van der Waals surface area contributed by atoms with Gasteiger partial charge in [-0.05, 0) is 44.6 Å². The fraction of sp³-hybridized carbons (Fsp3) is 1.00. The number of hydrogen-bond donors (Lipinski definition) is 1. The Hall–Kier alpha value is -0.290. The fourth-order valence-corrected chi connectivity index (χ4v) is 2.92. The van der Waals surface area contributed by atoms with E-state index in [1.165, 1.54) is 32.1 Å². The molecule has 1 rings (SSSR count). The van der Waals surface area contributed by atoms with Crippen molar-refractivity contribution in [1.82, 2.24) is 5.32 Å². The molecule has 1 N–H and O–H groups in total. The highest BCUT2D eigenvalue weighted by Gasteiger charge is 2.27. The Bertz CT molecular complexity index is 246. The average Bonchev–Trinajstić information content (AvgIpc) is 2.60. The monoisotopic (exact) mass is 295 g/mol. The lowest BCUT2D eigenvalue weighted by Crippen LogP contribution is -2.30. The van der Waals surface area contributed by atoms with Crippen LogP contribution < -0.4 is 5.32 Å². The van der Waals surface area contributed by atoms with E-state index in [0.29, 0.717) is 12.0 Å². The highest BCUT2D eigenvalue weighted by Crippen LogP contribution is 2.27. The molecule has 1 aliphatic carbocycles. The van der Waals surface area contributed by atoms with Gasteiger partial charge in [-0.2, -0.15) is 13.2 Å². The van der Waals surface area contributed by atoms with Gasteiger partial charge in [0.15, 0.2) is 0 Å². The summed E-state index contributed by atoms with van der Waals surface area (Å²) in [7, 11) is 0. The van der Waals surface area contributed by atoms with Crippen molar-refractivity contribution < 1.29 is 17.9 Å². The number of alkyl halides is 3. The molecular weight excluding hydrogens is 267 g/mol. The van der Waals surface area contributed by atoms with Crippen LogP contribution in [0.15, 0.2) is 0 Å². The molecule has 0 aromatic heterocycles. The Kier molecular flexibility index (Phi) is 8.53. The minimum Gasteiger partial charge on any atom is -0.372 e. The lowest BCUT2D eigenvalue weighted by Gasteiger charge is -2.21. The third-order valence-electron chi connectivity index (χ3n) is 3.88. The Balaban J connectivity index is 2.14. The molecule has 0 radical (unpaired) electrons. The van der Waals surface area contributed by atoms with Gasteiger partial charge in [0.2, 0.25) is 0 Å². The predicted octanol–water partition coefficient (Wildman–Crippen LogP) is 4.29. The number of hydrogen-bond acceptors (Lipinski definition) is 2. The fourth-order valence-electron chi connectivity index (χ4n) is 2.92. The van der Waals surface area contributed by atoms with E-state index in [4.69, 9.17) is 0 Å². The van der Waals surface area contributed by atoms with Gasteiger partial charge in [0.25, 0.3) is 0 Å². The van der Waals surface area contributed by atoms with Gasteiger partial charge in [0.1, 0.15) is 6.61 Å². The first kappa shape index (κ1) is 17.8. The van der Waals surface area contributed by atoms with Crippen LogP contribution in [0.3, 0.4) is 0 Å². The largest absolute Gasteiger partial charge is 0.411 e. The van der Waals surface area contributed by atoms with Crippen molar-refractivity contribution in [3.8, 4) is 0 Å². The minimum atomic E-state index is -4.20. The van der Waals surface area contributed by atoms with Gasteiger partial charge in [-0.25, -0.2) is 0 Å². The molecule has 20 heavy (non-hydrogen) atoms. The summed E-state index contributed by atoms with van der Waals surface area (Å²) < 4.78 is 40.5. The first-order valence-electron chi connectivity index (χ1n) is 7.89. The van der Waals surface area contributed by atoms with Gasteiger partial charge in [-0.1, -0.05) is 26.2 Å². The molecule has 0 spiro atoms. The topological polar surface area (TPSA) is 21.3 Å². The molecule has 2 atom stereocenters. The minimum absolute atomic E-state index is 0.225. The summed E-state index contributed by atoms with van der Waals surface area (Å²) in [6.45, 7) is 2.34. The zero-order valence-corrected chi connectivity index (χ0v) is 12.5. The maximum absolute atomic E-state index is 11.9. The zero-order valence-electron chi connectivity index (χ0n) is 12.5. The molecule has 5 heteroatoms. The second-order valence-corrected chi connectivity index (χ2v) is 5.85. The van der Waals surface area contributed by atoms with Gasteiger partial charge < -0.3 is 10.1 Å². The van der Waals surface area contributed by atoms with Crippen LogP contribution in [0, 0.1) is 5.92 Å². The molecule has 1 aliphatic rings. The Morgan fingerprint density at radius 2 is 1.95 bits per heavy atom. The number of halogens is 3. The summed E-state index contributed by atoms with van der Waals surface area (Å²) in [5, 5.41) is 3.58. The van der Waals surface area contributed by atoms with Crippen molar-refractivity contribution in [3.63, 3.8) is 0 Å². The van der Waals surface area contributed by atoms with Crippen molar-refractivity contribution in [2.24, 2.45) is 5.92 Å². The lowest BCUT2D eigenvalue weighted by molar-refractivity contribution is -0.174. The Morgan fingerprint density at radius 3 is 2.65 bits per heavy atom. The quantitative estimate of drug-likeness (QED) is 0.532. The summed E-state index contributed by atoms with van der Waals surface area (Å²) in [6.07, 6.45) is 4.80. The first-order valence-corrected chi connectivity index (χ1v) is 7.89. The van der Waals surface area contributed by atoms with Crippen LogP contribution in [-0.4, -0.2) is 32.0 Å². The second kappa shape index (κ2) is 9.61. The summed E-state index contributed by atoms with van der Waals surface area (Å²) in [5.74, 6) is 0.640. The van der Waals surface area contributed by atoms with E-state index < -0.39 is 12.8 Å². The molecule has 120 valence electrons. The lowest BCUT2D eigenvalue weighted by atomic mass is 9.93. The Labute approximate surface area is 120 Å². The van der Waals surface area contributed by atoms with Crippen LogP contribution in [0.2, 0.25) is 0 Å². The maximum atomic E-state index is 11.9. The number of rotatable bonds is 8. The van der Waals surface area contributed by atoms with Crippen molar-refractivity contribution in [3.05, 3.63) is 0 Å². The van der Waals surface area contributed by atoms with Crippen molar-refractivity contribution in [2.45, 2.75) is 70.5 Å². The normalized spacial score (nSPS) is 24.6. The van der Waals surface area contributed by atoms with Crippen LogP contribution >= 0.6 is 0 Å². The van der Waals surface area contributed by atoms with Crippen LogP contribution in [-0.2, 0) is 4.74 Å². The molecule has 1 fully saturated rings. The maximum Gasteiger partial charge on any atom is 0.411 e. The third kappa shape index (κ3) is 8.80. The van der Waals surface area contributed by atoms with E-state index >= 15 is 0 Å². The van der Waals surface area contributed by atoms with Crippen LogP contribution in [0.4, 0.5) is 13.2 Å². The second-order valence-electron chi connectivity index (χ2n) is 5.85. The Morgan fingerprint density at radius 1 is 1.20 bits per heavy atom. The molecule has 2 unspecified atom stereocenters. The molecule has 0 saturated heterocycles. The van der Waals surface area contributed by atoms with Gasteiger partial charge in [0, 0.05) is 12.6 Å². The summed E-state index contributed by atoms with van der Waals surface area (Å²) in [4.78, 5) is 0. The molecule has 0 aromatic carbocycles. The van der Waals surface area contributed by atoms with Crippen LogP contribution in [0.25, 0.3) is 0 Å². The van der Waals surface area contributed by atoms with Crippen molar-refractivity contribution in [1.29, 1.82) is 0 Å². The van der Waals surface area contributed by atoms with E-state index in [-0.39, 0.29) is 6.61 Å². The van der Waals surface area contributed by atoms with E-state index in [1.54, 1.807) is 0 Å². The summed E-state index contributed by atoms with van der Waals surface area (Å²) in [5.41, 5.74) is 0. The van der Waals surface area contributed by atoms with E-state index in [0.717, 1.165) is 25.8 Å². The van der Waals surface area contributed by atoms with Crippen LogP contribution in [0.5, 0.6) is 0 Å². The molecule has 0 aliphatic heterocycles. The SMILES string of the molecule is CCCNC1CCCCC(CCCOCC(F)(F)F)C1. The van der Waals surface area contributed by atoms with E-state index in [9.17, 15) is 13.2 Å². The molecule has 0 amide bonds. The highest BCUT2D eigenvalue weighted by molar-refractivity contribution is 4.76. The molecule has 0 heterocycles. The van der Waals surface area contributed by atoms with Crippen LogP contribution in [0.1, 0.15) is 58.3 Å². The highest BCUT2D eigenvalue weighted by atomic mass is 19.4. The molecule has 0 aromatic rings. The molecule has 0 bridgehead atoms. The van der Waals surface area contributed by atoms with E-state index in [1.807, 2.05) is 0 Å². The summed E-state index contributed by atoms with van der Waals surface area (Å²) >= 11 is 0.